The number of rotatable bonds is 3. The summed E-state index contributed by atoms with van der Waals surface area (Å²) >= 11 is 0. The highest BCUT2D eigenvalue weighted by Gasteiger charge is 2.17. The third kappa shape index (κ3) is 3.28. The highest BCUT2D eigenvalue weighted by atomic mass is 16.1. The lowest BCUT2D eigenvalue weighted by molar-refractivity contribution is 0.102. The first-order valence-corrected chi connectivity index (χ1v) is 8.39. The third-order valence-corrected chi connectivity index (χ3v) is 4.46. The summed E-state index contributed by atoms with van der Waals surface area (Å²) in [7, 11) is 0. The monoisotopic (exact) mass is 337 g/mol. The Morgan fingerprint density at radius 1 is 1.24 bits per heavy atom. The molecular weight excluding hydrogens is 318 g/mol. The lowest BCUT2D eigenvalue weighted by atomic mass is 9.99. The maximum atomic E-state index is 12.3. The Labute approximate surface area is 144 Å². The van der Waals surface area contributed by atoms with Gasteiger partial charge in [-0.05, 0) is 37.0 Å². The number of anilines is 2. The Bertz CT molecular complexity index is 848. The minimum absolute atomic E-state index is 0.220. The fourth-order valence-electron chi connectivity index (χ4n) is 2.90. The molecule has 1 amide bonds. The lowest BCUT2D eigenvalue weighted by Crippen LogP contribution is -2.33. The molecule has 4 rings (SSSR count). The van der Waals surface area contributed by atoms with Crippen LogP contribution >= 0.6 is 0 Å². The van der Waals surface area contributed by atoms with Crippen molar-refractivity contribution in [2.24, 2.45) is 5.92 Å². The van der Waals surface area contributed by atoms with Crippen LogP contribution in [0.15, 0.2) is 36.8 Å². The smallest absolute Gasteiger partial charge is 0.259 e. The molecule has 4 heterocycles. The zero-order chi connectivity index (χ0) is 17.2. The van der Waals surface area contributed by atoms with Crippen LogP contribution in [0.1, 0.15) is 30.1 Å². The predicted octanol–water partition coefficient (Wildman–Crippen LogP) is 2.01. The van der Waals surface area contributed by atoms with Gasteiger partial charge in [0.1, 0.15) is 5.82 Å². The average molecular weight is 337 g/mol. The quantitative estimate of drug-likeness (QED) is 0.786. The van der Waals surface area contributed by atoms with Gasteiger partial charge >= 0.3 is 0 Å². The number of pyridine rings is 1. The molecule has 128 valence electrons. The number of carbonyl (C=O) groups excluding carboxylic acids is 1. The molecule has 3 aromatic rings. The zero-order valence-corrected chi connectivity index (χ0v) is 14.0. The first-order chi connectivity index (χ1) is 12.2. The SMILES string of the molecule is CC1CCN(c2ccc(C(=O)Nc3nc4ncccn4n3)cn2)CC1. The summed E-state index contributed by atoms with van der Waals surface area (Å²) < 4.78 is 1.51. The molecule has 0 bridgehead atoms. The van der Waals surface area contributed by atoms with Gasteiger partial charge in [-0.15, -0.1) is 5.10 Å². The molecule has 25 heavy (non-hydrogen) atoms. The van der Waals surface area contributed by atoms with Gasteiger partial charge in [-0.3, -0.25) is 10.1 Å². The molecule has 1 aliphatic rings. The molecular formula is C17H19N7O. The van der Waals surface area contributed by atoms with Crippen LogP contribution < -0.4 is 10.2 Å². The van der Waals surface area contributed by atoms with Gasteiger partial charge in [-0.25, -0.2) is 14.5 Å². The van der Waals surface area contributed by atoms with Crippen molar-refractivity contribution >= 4 is 23.5 Å². The first-order valence-electron chi connectivity index (χ1n) is 8.39. The van der Waals surface area contributed by atoms with Crippen LogP contribution in [0.2, 0.25) is 0 Å². The molecule has 0 aliphatic carbocycles. The van der Waals surface area contributed by atoms with Crippen LogP contribution in [0, 0.1) is 5.92 Å². The maximum Gasteiger partial charge on any atom is 0.259 e. The fourth-order valence-corrected chi connectivity index (χ4v) is 2.90. The van der Waals surface area contributed by atoms with E-state index in [0.29, 0.717) is 11.3 Å². The van der Waals surface area contributed by atoms with Crippen LogP contribution in [-0.2, 0) is 0 Å². The summed E-state index contributed by atoms with van der Waals surface area (Å²) in [5.41, 5.74) is 0.473. The second-order valence-electron chi connectivity index (χ2n) is 6.33. The van der Waals surface area contributed by atoms with E-state index >= 15 is 0 Å². The number of fused-ring (bicyclic) bond motifs is 1. The first kappa shape index (κ1) is 15.5. The van der Waals surface area contributed by atoms with Crippen molar-refractivity contribution in [2.45, 2.75) is 19.8 Å². The molecule has 1 N–H and O–H groups in total. The number of aromatic nitrogens is 5. The van der Waals surface area contributed by atoms with Gasteiger partial charge in [0.2, 0.25) is 0 Å². The van der Waals surface area contributed by atoms with Crippen molar-refractivity contribution < 1.29 is 4.79 Å². The van der Waals surface area contributed by atoms with E-state index in [-0.39, 0.29) is 11.9 Å². The highest BCUT2D eigenvalue weighted by Crippen LogP contribution is 2.21. The van der Waals surface area contributed by atoms with Gasteiger partial charge in [-0.2, -0.15) is 4.98 Å². The minimum Gasteiger partial charge on any atom is -0.357 e. The number of hydrogen-bond acceptors (Lipinski definition) is 6. The van der Waals surface area contributed by atoms with E-state index in [4.69, 9.17) is 0 Å². The van der Waals surface area contributed by atoms with Crippen molar-refractivity contribution in [3.8, 4) is 0 Å². The Hall–Kier alpha value is -3.03. The van der Waals surface area contributed by atoms with Crippen molar-refractivity contribution in [3.05, 3.63) is 42.4 Å². The Balaban J connectivity index is 1.45. The average Bonchev–Trinajstić information content (AvgIpc) is 3.05. The van der Waals surface area contributed by atoms with E-state index in [0.717, 1.165) is 24.8 Å². The second-order valence-corrected chi connectivity index (χ2v) is 6.33. The molecule has 0 aromatic carbocycles. The molecule has 0 unspecified atom stereocenters. The van der Waals surface area contributed by atoms with E-state index < -0.39 is 0 Å². The molecule has 1 saturated heterocycles. The van der Waals surface area contributed by atoms with Crippen LogP contribution in [0.5, 0.6) is 0 Å². The van der Waals surface area contributed by atoms with Crippen molar-refractivity contribution in [1.29, 1.82) is 0 Å². The topological polar surface area (TPSA) is 88.3 Å². The number of carbonyl (C=O) groups is 1. The second kappa shape index (κ2) is 6.46. The van der Waals surface area contributed by atoms with E-state index in [1.165, 1.54) is 17.4 Å². The summed E-state index contributed by atoms with van der Waals surface area (Å²) in [4.78, 5) is 27.3. The van der Waals surface area contributed by atoms with Crippen molar-refractivity contribution in [2.75, 3.05) is 23.3 Å². The molecule has 0 saturated carbocycles. The summed E-state index contributed by atoms with van der Waals surface area (Å²) in [5.74, 6) is 2.05. The Morgan fingerprint density at radius 2 is 2.08 bits per heavy atom. The van der Waals surface area contributed by atoms with Crippen molar-refractivity contribution in [1.82, 2.24) is 24.6 Å². The highest BCUT2D eigenvalue weighted by molar-refractivity contribution is 6.03. The zero-order valence-electron chi connectivity index (χ0n) is 14.0. The van der Waals surface area contributed by atoms with Crippen molar-refractivity contribution in [3.63, 3.8) is 0 Å². The normalized spacial score (nSPS) is 15.5. The fraction of sp³-hybridized carbons (Fsp3) is 0.353. The number of nitrogens with zero attached hydrogens (tertiary/aromatic N) is 6. The molecule has 8 heteroatoms. The minimum atomic E-state index is -0.290. The predicted molar refractivity (Wildman–Crippen MR) is 93.6 cm³/mol. The van der Waals surface area contributed by atoms with Crippen LogP contribution in [0.4, 0.5) is 11.8 Å². The van der Waals surface area contributed by atoms with Crippen LogP contribution in [-0.4, -0.2) is 43.6 Å². The summed E-state index contributed by atoms with van der Waals surface area (Å²) in [6.45, 7) is 4.30. The standard InChI is InChI=1S/C17H19N7O/c1-12-5-9-23(10-6-12)14-4-3-13(11-19-14)15(25)20-16-21-17-18-7-2-8-24(17)22-16/h2-4,7-8,11-12H,5-6,9-10H2,1H3,(H,20,22,25). The molecule has 0 atom stereocenters. The molecule has 0 spiro atoms. The largest absolute Gasteiger partial charge is 0.357 e. The Kier molecular flexibility index (Phi) is 4.01. The molecule has 1 fully saturated rings. The summed E-state index contributed by atoms with van der Waals surface area (Å²) in [6, 6.07) is 5.42. The molecule has 0 radical (unpaired) electrons. The molecule has 8 nitrogen and oxygen atoms in total. The van der Waals surface area contributed by atoms with Crippen LogP contribution in [0.3, 0.4) is 0 Å². The molecule has 1 aliphatic heterocycles. The molecule has 3 aromatic heterocycles. The van der Waals surface area contributed by atoms with Gasteiger partial charge < -0.3 is 4.90 Å². The summed E-state index contributed by atoms with van der Waals surface area (Å²) in [6.07, 6.45) is 7.30. The van der Waals surface area contributed by atoms with Gasteiger partial charge in [0.05, 0.1) is 5.56 Å². The third-order valence-electron chi connectivity index (χ3n) is 4.46. The van der Waals surface area contributed by atoms with E-state index in [1.807, 2.05) is 6.07 Å². The van der Waals surface area contributed by atoms with E-state index in [9.17, 15) is 4.79 Å². The Morgan fingerprint density at radius 3 is 2.80 bits per heavy atom. The van der Waals surface area contributed by atoms with Gasteiger partial charge in [-0.1, -0.05) is 6.92 Å². The maximum absolute atomic E-state index is 12.3. The number of amides is 1. The van der Waals surface area contributed by atoms with Gasteiger partial charge in [0.25, 0.3) is 17.6 Å². The van der Waals surface area contributed by atoms with E-state index in [2.05, 4.69) is 37.2 Å². The number of piperidine rings is 1. The number of nitrogens with one attached hydrogen (secondary N) is 1. The summed E-state index contributed by atoms with van der Waals surface area (Å²) in [5, 5.41) is 6.84. The van der Waals surface area contributed by atoms with Gasteiger partial charge in [0.15, 0.2) is 0 Å². The lowest BCUT2D eigenvalue weighted by Gasteiger charge is -2.31. The number of hydrogen-bond donors (Lipinski definition) is 1. The van der Waals surface area contributed by atoms with Crippen LogP contribution in [0.25, 0.3) is 5.78 Å². The van der Waals surface area contributed by atoms with E-state index in [1.54, 1.807) is 30.7 Å². The van der Waals surface area contributed by atoms with Gasteiger partial charge in [0, 0.05) is 31.7 Å².